The second-order valence-electron chi connectivity index (χ2n) is 7.42. The number of nitrogens with zero attached hydrogens (tertiary/aromatic N) is 2. The maximum absolute atomic E-state index is 5.43. The molecule has 0 atom stereocenters. The molecule has 0 amide bonds. The highest BCUT2D eigenvalue weighted by Gasteiger charge is 2.14. The fourth-order valence-electron chi connectivity index (χ4n) is 2.95. The van der Waals surface area contributed by atoms with Crippen LogP contribution in [0.2, 0.25) is 0 Å². The number of aromatic nitrogens is 3. The Morgan fingerprint density at radius 2 is 1.68 bits per heavy atom. The maximum Gasteiger partial charge on any atom is 0.195 e. The van der Waals surface area contributed by atoms with Gasteiger partial charge in [0.25, 0.3) is 0 Å². The molecule has 0 spiro atoms. The van der Waals surface area contributed by atoms with Gasteiger partial charge in [-0.2, -0.15) is 5.10 Å². The summed E-state index contributed by atoms with van der Waals surface area (Å²) in [4.78, 5) is 0. The van der Waals surface area contributed by atoms with E-state index in [0.29, 0.717) is 4.77 Å². The van der Waals surface area contributed by atoms with E-state index in [9.17, 15) is 0 Å². The van der Waals surface area contributed by atoms with Crippen LogP contribution in [0.3, 0.4) is 0 Å². The van der Waals surface area contributed by atoms with Gasteiger partial charge < -0.3 is 4.57 Å². The molecule has 1 heterocycles. The molecule has 3 aromatic rings. The van der Waals surface area contributed by atoms with Gasteiger partial charge in [0.1, 0.15) is 0 Å². The average Bonchev–Trinajstić information content (AvgIpc) is 2.96. The van der Waals surface area contributed by atoms with Crippen molar-refractivity contribution in [3.8, 4) is 11.4 Å². The molecule has 0 saturated heterocycles. The first-order valence-corrected chi connectivity index (χ1v) is 9.16. The minimum absolute atomic E-state index is 0.152. The van der Waals surface area contributed by atoms with Crippen molar-refractivity contribution in [1.82, 2.24) is 14.8 Å². The van der Waals surface area contributed by atoms with E-state index in [1.54, 1.807) is 0 Å². The van der Waals surface area contributed by atoms with E-state index >= 15 is 0 Å². The lowest BCUT2D eigenvalue weighted by molar-refractivity contribution is 0.590. The largest absolute Gasteiger partial charge is 0.300 e. The Balaban J connectivity index is 1.76. The molecule has 0 unspecified atom stereocenters. The van der Waals surface area contributed by atoms with Crippen LogP contribution in [0, 0.1) is 4.77 Å². The summed E-state index contributed by atoms with van der Waals surface area (Å²) in [5, 5.41) is 7.39. The van der Waals surface area contributed by atoms with E-state index in [4.69, 9.17) is 12.2 Å². The number of hydrogen-bond acceptors (Lipinski definition) is 2. The van der Waals surface area contributed by atoms with Crippen molar-refractivity contribution < 1.29 is 0 Å². The molecule has 3 nitrogen and oxygen atoms in total. The molecule has 1 aromatic heterocycles. The predicted molar refractivity (Wildman–Crippen MR) is 106 cm³/mol. The Hall–Kier alpha value is -2.20. The number of H-pyrrole nitrogens is 1. The van der Waals surface area contributed by atoms with Gasteiger partial charge in [-0.15, -0.1) is 0 Å². The van der Waals surface area contributed by atoms with Gasteiger partial charge in [-0.25, -0.2) is 0 Å². The summed E-state index contributed by atoms with van der Waals surface area (Å²) in [6.45, 7) is 7.53. The summed E-state index contributed by atoms with van der Waals surface area (Å²) in [5.41, 5.74) is 3.92. The number of hydrogen-bond donors (Lipinski definition) is 1. The standard InChI is InChI=1S/C21H25N3S/c1-21(2,3)18-13-11-17(12-14-18)19-22-23-20(25)24(19)15-7-10-16-8-5-4-6-9-16/h4-6,8-9,11-14H,7,10,15H2,1-3H3,(H,23,25). The van der Waals surface area contributed by atoms with Crippen LogP contribution in [0.15, 0.2) is 54.6 Å². The molecule has 0 aliphatic carbocycles. The monoisotopic (exact) mass is 351 g/mol. The lowest BCUT2D eigenvalue weighted by Crippen LogP contribution is -2.10. The first-order valence-electron chi connectivity index (χ1n) is 8.75. The number of benzene rings is 2. The van der Waals surface area contributed by atoms with Crippen LogP contribution in [0.1, 0.15) is 38.3 Å². The van der Waals surface area contributed by atoms with Gasteiger partial charge in [0.15, 0.2) is 10.6 Å². The molecule has 4 heteroatoms. The molecule has 130 valence electrons. The van der Waals surface area contributed by atoms with E-state index in [0.717, 1.165) is 30.8 Å². The summed E-state index contributed by atoms with van der Waals surface area (Å²) < 4.78 is 2.78. The van der Waals surface area contributed by atoms with Crippen molar-refractivity contribution >= 4 is 12.2 Å². The fourth-order valence-corrected chi connectivity index (χ4v) is 3.17. The van der Waals surface area contributed by atoms with Crippen LogP contribution in [-0.4, -0.2) is 14.8 Å². The number of aryl methyl sites for hydroxylation is 1. The predicted octanol–water partition coefficient (Wildman–Crippen LogP) is 5.54. The number of rotatable bonds is 5. The van der Waals surface area contributed by atoms with Gasteiger partial charge in [0, 0.05) is 12.1 Å². The summed E-state index contributed by atoms with van der Waals surface area (Å²) in [5.74, 6) is 0.915. The molecule has 2 aromatic carbocycles. The quantitative estimate of drug-likeness (QED) is 0.612. The second-order valence-corrected chi connectivity index (χ2v) is 7.81. The normalized spacial score (nSPS) is 11.6. The van der Waals surface area contributed by atoms with Crippen LogP contribution in [0.4, 0.5) is 0 Å². The topological polar surface area (TPSA) is 33.6 Å². The zero-order valence-electron chi connectivity index (χ0n) is 15.1. The van der Waals surface area contributed by atoms with Crippen LogP contribution in [0.25, 0.3) is 11.4 Å². The summed E-state index contributed by atoms with van der Waals surface area (Å²) in [7, 11) is 0. The number of nitrogens with one attached hydrogen (secondary N) is 1. The highest BCUT2D eigenvalue weighted by Crippen LogP contribution is 2.25. The molecular weight excluding hydrogens is 326 g/mol. The molecule has 0 fully saturated rings. The molecule has 0 bridgehead atoms. The minimum atomic E-state index is 0.152. The van der Waals surface area contributed by atoms with Gasteiger partial charge in [0.2, 0.25) is 0 Å². The molecule has 0 radical (unpaired) electrons. The summed E-state index contributed by atoms with van der Waals surface area (Å²) >= 11 is 5.43. The van der Waals surface area contributed by atoms with Crippen LogP contribution in [-0.2, 0) is 18.4 Å². The van der Waals surface area contributed by atoms with E-state index in [1.807, 2.05) is 0 Å². The molecule has 25 heavy (non-hydrogen) atoms. The SMILES string of the molecule is CC(C)(C)c1ccc(-c2n[nH]c(=S)n2CCCc2ccccc2)cc1. The molecule has 3 rings (SSSR count). The van der Waals surface area contributed by atoms with E-state index in [-0.39, 0.29) is 5.41 Å². The van der Waals surface area contributed by atoms with Crippen molar-refractivity contribution in [3.63, 3.8) is 0 Å². The lowest BCUT2D eigenvalue weighted by Gasteiger charge is -2.19. The zero-order valence-corrected chi connectivity index (χ0v) is 15.9. The van der Waals surface area contributed by atoms with Gasteiger partial charge in [-0.1, -0.05) is 75.4 Å². The van der Waals surface area contributed by atoms with Gasteiger partial charge in [0.05, 0.1) is 0 Å². The van der Waals surface area contributed by atoms with E-state index in [2.05, 4.69) is 90.1 Å². The second kappa shape index (κ2) is 7.36. The third kappa shape index (κ3) is 4.26. The van der Waals surface area contributed by atoms with Crippen LogP contribution in [0.5, 0.6) is 0 Å². The van der Waals surface area contributed by atoms with Gasteiger partial charge >= 0.3 is 0 Å². The van der Waals surface area contributed by atoms with Crippen LogP contribution >= 0.6 is 12.2 Å². The van der Waals surface area contributed by atoms with Crippen molar-refractivity contribution in [3.05, 3.63) is 70.5 Å². The highest BCUT2D eigenvalue weighted by atomic mass is 32.1. The molecular formula is C21H25N3S. The molecule has 1 N–H and O–H groups in total. The summed E-state index contributed by atoms with van der Waals surface area (Å²) in [6, 6.07) is 19.2. The minimum Gasteiger partial charge on any atom is -0.300 e. The first-order chi connectivity index (χ1) is 11.9. The van der Waals surface area contributed by atoms with Gasteiger partial charge in [-0.3, -0.25) is 5.10 Å². The summed E-state index contributed by atoms with van der Waals surface area (Å²) in [6.07, 6.45) is 2.07. The number of aromatic amines is 1. The Kier molecular flexibility index (Phi) is 5.19. The Bertz CT molecular complexity index is 868. The van der Waals surface area contributed by atoms with Crippen molar-refractivity contribution in [2.75, 3.05) is 0 Å². The smallest absolute Gasteiger partial charge is 0.195 e. The highest BCUT2D eigenvalue weighted by molar-refractivity contribution is 7.71. The van der Waals surface area contributed by atoms with Gasteiger partial charge in [-0.05, 0) is 41.6 Å². The molecule has 0 saturated carbocycles. The molecule has 0 aliphatic rings. The Labute approximate surface area is 154 Å². The maximum atomic E-state index is 5.43. The van der Waals surface area contributed by atoms with Crippen molar-refractivity contribution in [2.24, 2.45) is 0 Å². The first kappa shape index (κ1) is 17.6. The van der Waals surface area contributed by atoms with E-state index in [1.165, 1.54) is 11.1 Å². The Morgan fingerprint density at radius 3 is 2.32 bits per heavy atom. The third-order valence-corrected chi connectivity index (χ3v) is 4.77. The Morgan fingerprint density at radius 1 is 1.00 bits per heavy atom. The van der Waals surface area contributed by atoms with Crippen molar-refractivity contribution in [1.29, 1.82) is 0 Å². The lowest BCUT2D eigenvalue weighted by atomic mass is 9.87. The average molecular weight is 352 g/mol. The van der Waals surface area contributed by atoms with E-state index < -0.39 is 0 Å². The fraction of sp³-hybridized carbons (Fsp3) is 0.333. The third-order valence-electron chi connectivity index (χ3n) is 4.46. The van der Waals surface area contributed by atoms with Crippen LogP contribution < -0.4 is 0 Å². The molecule has 0 aliphatic heterocycles. The zero-order chi connectivity index (χ0) is 17.9. The van der Waals surface area contributed by atoms with Crippen molar-refractivity contribution in [2.45, 2.75) is 45.6 Å².